The molecule has 0 spiro atoms. The average Bonchev–Trinajstić information content (AvgIpc) is 1.84. The van der Waals surface area contributed by atoms with Crippen LogP contribution in [0.5, 0.6) is 0 Å². The Morgan fingerprint density at radius 1 is 1.56 bits per heavy atom. The third-order valence-corrected chi connectivity index (χ3v) is 0.725. The maximum atomic E-state index is 9.84. The first-order chi connectivity index (χ1) is 4.09. The number of rotatable bonds is 1. The molecule has 0 atom stereocenters. The van der Waals surface area contributed by atoms with Gasteiger partial charge in [-0.2, -0.15) is 5.26 Å². The molecular formula is C5H5NO3. The van der Waals surface area contributed by atoms with Crippen LogP contribution in [0.3, 0.4) is 0 Å². The van der Waals surface area contributed by atoms with Gasteiger partial charge in [0.2, 0.25) is 5.76 Å². The minimum atomic E-state index is -1.48. The number of aliphatic hydroxyl groups excluding tert-OH is 1. The van der Waals surface area contributed by atoms with E-state index in [1.807, 2.05) is 0 Å². The molecule has 0 aliphatic rings. The summed E-state index contributed by atoms with van der Waals surface area (Å²) in [7, 11) is 0. The molecule has 4 heteroatoms. The number of carboxylic acid groups (broad SMARTS) is 1. The predicted octanol–water partition coefficient (Wildman–Crippen LogP) is 0.427. The Kier molecular flexibility index (Phi) is 2.27. The molecule has 0 aromatic heterocycles. The fourth-order valence-electron chi connectivity index (χ4n) is 0.213. The summed E-state index contributed by atoms with van der Waals surface area (Å²) in [5.41, 5.74) is -0.192. The zero-order chi connectivity index (χ0) is 7.44. The van der Waals surface area contributed by atoms with E-state index < -0.39 is 11.7 Å². The zero-order valence-corrected chi connectivity index (χ0v) is 4.75. The Labute approximate surface area is 51.7 Å². The summed E-state index contributed by atoms with van der Waals surface area (Å²) < 4.78 is 0. The summed E-state index contributed by atoms with van der Waals surface area (Å²) in [5.74, 6) is -2.37. The molecule has 0 fully saturated rings. The van der Waals surface area contributed by atoms with Crippen LogP contribution >= 0.6 is 0 Å². The van der Waals surface area contributed by atoms with Crippen LogP contribution in [0, 0.1) is 11.3 Å². The highest BCUT2D eigenvalue weighted by Crippen LogP contribution is 1.96. The van der Waals surface area contributed by atoms with E-state index in [1.54, 1.807) is 0 Å². The van der Waals surface area contributed by atoms with E-state index in [0.717, 1.165) is 0 Å². The number of aliphatic hydroxyl groups is 1. The van der Waals surface area contributed by atoms with Crippen LogP contribution in [0.1, 0.15) is 6.92 Å². The Morgan fingerprint density at radius 2 is 2.00 bits per heavy atom. The molecule has 0 unspecified atom stereocenters. The van der Waals surface area contributed by atoms with Crippen molar-refractivity contribution in [1.29, 1.82) is 5.26 Å². The van der Waals surface area contributed by atoms with Gasteiger partial charge in [0.1, 0.15) is 0 Å². The SMILES string of the molecule is C/C(C#N)=C(/O)C(=O)O. The van der Waals surface area contributed by atoms with Crippen molar-refractivity contribution < 1.29 is 15.0 Å². The molecule has 0 heterocycles. The monoisotopic (exact) mass is 127 g/mol. The van der Waals surface area contributed by atoms with E-state index in [0.29, 0.717) is 0 Å². The summed E-state index contributed by atoms with van der Waals surface area (Å²) in [6.45, 7) is 1.23. The Bertz CT molecular complexity index is 199. The Hall–Kier alpha value is -1.50. The largest absolute Gasteiger partial charge is 0.501 e. The summed E-state index contributed by atoms with van der Waals surface area (Å²) in [6.07, 6.45) is 0. The van der Waals surface area contributed by atoms with E-state index in [9.17, 15) is 4.79 Å². The lowest BCUT2D eigenvalue weighted by atomic mass is 10.3. The molecule has 0 radical (unpaired) electrons. The summed E-state index contributed by atoms with van der Waals surface area (Å²) in [5, 5.41) is 24.5. The van der Waals surface area contributed by atoms with E-state index in [-0.39, 0.29) is 5.57 Å². The smallest absolute Gasteiger partial charge is 0.371 e. The zero-order valence-electron chi connectivity index (χ0n) is 4.75. The highest BCUT2D eigenvalue weighted by atomic mass is 16.4. The van der Waals surface area contributed by atoms with E-state index >= 15 is 0 Å². The number of allylic oxidation sites excluding steroid dienone is 1. The van der Waals surface area contributed by atoms with E-state index in [1.165, 1.54) is 13.0 Å². The van der Waals surface area contributed by atoms with Gasteiger partial charge < -0.3 is 10.2 Å². The minimum Gasteiger partial charge on any atom is -0.501 e. The van der Waals surface area contributed by atoms with Crippen molar-refractivity contribution in [3.05, 3.63) is 11.3 Å². The molecule has 0 rings (SSSR count). The second-order valence-corrected chi connectivity index (χ2v) is 1.39. The van der Waals surface area contributed by atoms with Crippen LogP contribution < -0.4 is 0 Å². The Morgan fingerprint density at radius 3 is 2.11 bits per heavy atom. The lowest BCUT2D eigenvalue weighted by molar-refractivity contribution is -0.135. The maximum Gasteiger partial charge on any atom is 0.371 e. The van der Waals surface area contributed by atoms with Gasteiger partial charge in [0, 0.05) is 0 Å². The van der Waals surface area contributed by atoms with Gasteiger partial charge >= 0.3 is 5.97 Å². The summed E-state index contributed by atoms with van der Waals surface area (Å²) in [4.78, 5) is 9.84. The molecule has 0 bridgehead atoms. The molecule has 0 saturated heterocycles. The molecule has 9 heavy (non-hydrogen) atoms. The number of carboxylic acids is 1. The Balaban J connectivity index is 4.54. The third-order valence-electron chi connectivity index (χ3n) is 0.725. The molecule has 4 nitrogen and oxygen atoms in total. The number of hydrogen-bond acceptors (Lipinski definition) is 3. The van der Waals surface area contributed by atoms with Crippen LogP contribution in [0.2, 0.25) is 0 Å². The molecule has 0 aliphatic carbocycles. The van der Waals surface area contributed by atoms with Crippen molar-refractivity contribution in [2.75, 3.05) is 0 Å². The van der Waals surface area contributed by atoms with Crippen molar-refractivity contribution in [3.8, 4) is 6.07 Å². The third kappa shape index (κ3) is 1.82. The topological polar surface area (TPSA) is 81.3 Å². The first-order valence-electron chi connectivity index (χ1n) is 2.12. The van der Waals surface area contributed by atoms with Gasteiger partial charge in [-0.3, -0.25) is 0 Å². The molecule has 2 N–H and O–H groups in total. The normalized spacial score (nSPS) is 11.6. The number of nitrogens with zero attached hydrogens (tertiary/aromatic N) is 1. The van der Waals surface area contributed by atoms with Gasteiger partial charge in [0.15, 0.2) is 0 Å². The fourth-order valence-corrected chi connectivity index (χ4v) is 0.213. The number of hydrogen-bond donors (Lipinski definition) is 2. The molecule has 48 valence electrons. The second kappa shape index (κ2) is 2.72. The summed E-state index contributed by atoms with van der Waals surface area (Å²) >= 11 is 0. The molecule has 0 saturated carbocycles. The van der Waals surface area contributed by atoms with Crippen LogP contribution in [0.4, 0.5) is 0 Å². The maximum absolute atomic E-state index is 9.84. The second-order valence-electron chi connectivity index (χ2n) is 1.39. The van der Waals surface area contributed by atoms with Crippen LogP contribution in [-0.2, 0) is 4.79 Å². The van der Waals surface area contributed by atoms with Crippen LogP contribution in [-0.4, -0.2) is 16.2 Å². The molecule has 0 amide bonds. The first-order valence-corrected chi connectivity index (χ1v) is 2.12. The van der Waals surface area contributed by atoms with Gasteiger partial charge in [0.05, 0.1) is 11.6 Å². The average molecular weight is 127 g/mol. The molecule has 0 aromatic carbocycles. The molecular weight excluding hydrogens is 122 g/mol. The highest BCUT2D eigenvalue weighted by Gasteiger charge is 2.06. The van der Waals surface area contributed by atoms with Crippen molar-refractivity contribution in [2.24, 2.45) is 0 Å². The number of aliphatic carboxylic acids is 1. The van der Waals surface area contributed by atoms with Crippen LogP contribution in [0.25, 0.3) is 0 Å². The first kappa shape index (κ1) is 7.50. The highest BCUT2D eigenvalue weighted by molar-refractivity contribution is 5.85. The van der Waals surface area contributed by atoms with Crippen molar-refractivity contribution in [1.82, 2.24) is 0 Å². The van der Waals surface area contributed by atoms with Gasteiger partial charge in [-0.15, -0.1) is 0 Å². The van der Waals surface area contributed by atoms with E-state index in [4.69, 9.17) is 15.5 Å². The fraction of sp³-hybridized carbons (Fsp3) is 0.200. The van der Waals surface area contributed by atoms with Crippen LogP contribution in [0.15, 0.2) is 11.3 Å². The predicted molar refractivity (Wildman–Crippen MR) is 28.6 cm³/mol. The lowest BCUT2D eigenvalue weighted by Gasteiger charge is -1.89. The van der Waals surface area contributed by atoms with Gasteiger partial charge in [-0.05, 0) is 6.92 Å². The van der Waals surface area contributed by atoms with Gasteiger partial charge in [0.25, 0.3) is 0 Å². The lowest BCUT2D eigenvalue weighted by Crippen LogP contribution is -2.00. The van der Waals surface area contributed by atoms with Gasteiger partial charge in [-0.25, -0.2) is 4.79 Å². The molecule has 0 aromatic rings. The quantitative estimate of drug-likeness (QED) is 0.304. The minimum absolute atomic E-state index is 0.192. The number of carbonyl (C=O) groups is 1. The summed E-state index contributed by atoms with van der Waals surface area (Å²) in [6, 6.07) is 1.49. The number of nitriles is 1. The van der Waals surface area contributed by atoms with E-state index in [2.05, 4.69) is 0 Å². The van der Waals surface area contributed by atoms with Gasteiger partial charge in [-0.1, -0.05) is 0 Å². The molecule has 0 aliphatic heterocycles. The van der Waals surface area contributed by atoms with Crippen molar-refractivity contribution in [2.45, 2.75) is 6.92 Å². The van der Waals surface area contributed by atoms with Crippen molar-refractivity contribution in [3.63, 3.8) is 0 Å². The van der Waals surface area contributed by atoms with Crippen molar-refractivity contribution >= 4 is 5.97 Å². The standard InChI is InChI=1S/C5H5NO3/c1-3(2-6)4(7)5(8)9/h7H,1H3,(H,8,9)/b4-3-.